The van der Waals surface area contributed by atoms with E-state index in [9.17, 15) is 4.79 Å². The lowest BCUT2D eigenvalue weighted by atomic mass is 10.1. The van der Waals surface area contributed by atoms with Gasteiger partial charge < -0.3 is 4.74 Å². The SMILES string of the molecule is COC(=O)/C=C/CCC/C=C\C(C)C[Si](C)(C)C. The molecule has 0 rings (SSSR count). The minimum absolute atomic E-state index is 0.269. The summed E-state index contributed by atoms with van der Waals surface area (Å²) in [5.41, 5.74) is 0. The van der Waals surface area contributed by atoms with Crippen molar-refractivity contribution < 1.29 is 9.53 Å². The van der Waals surface area contributed by atoms with Crippen molar-refractivity contribution >= 4 is 14.0 Å². The van der Waals surface area contributed by atoms with E-state index in [1.54, 1.807) is 0 Å². The zero-order valence-electron chi connectivity index (χ0n) is 12.5. The smallest absolute Gasteiger partial charge is 0.330 e. The Kier molecular flexibility index (Phi) is 8.72. The largest absolute Gasteiger partial charge is 0.466 e. The van der Waals surface area contributed by atoms with Gasteiger partial charge >= 0.3 is 5.97 Å². The number of carbonyl (C=O) groups is 1. The lowest BCUT2D eigenvalue weighted by Gasteiger charge is -2.18. The Morgan fingerprint density at radius 2 is 1.83 bits per heavy atom. The number of hydrogen-bond donors (Lipinski definition) is 0. The molecule has 0 aromatic carbocycles. The van der Waals surface area contributed by atoms with Crippen molar-refractivity contribution in [2.45, 2.75) is 51.9 Å². The molecule has 104 valence electrons. The number of ether oxygens (including phenoxy) is 1. The van der Waals surface area contributed by atoms with Crippen LogP contribution in [0.5, 0.6) is 0 Å². The van der Waals surface area contributed by atoms with E-state index in [-0.39, 0.29) is 5.97 Å². The van der Waals surface area contributed by atoms with Gasteiger partial charge in [-0.1, -0.05) is 50.8 Å². The Labute approximate surface area is 113 Å². The minimum atomic E-state index is -0.932. The maximum atomic E-state index is 10.8. The Balaban J connectivity index is 3.66. The molecule has 0 aliphatic carbocycles. The third-order valence-electron chi connectivity index (χ3n) is 2.60. The van der Waals surface area contributed by atoms with Crippen LogP contribution in [0.25, 0.3) is 0 Å². The van der Waals surface area contributed by atoms with Crippen LogP contribution in [-0.4, -0.2) is 21.2 Å². The molecule has 0 fully saturated rings. The van der Waals surface area contributed by atoms with Crippen LogP contribution in [0.2, 0.25) is 25.7 Å². The van der Waals surface area contributed by atoms with Gasteiger partial charge in [-0.2, -0.15) is 0 Å². The summed E-state index contributed by atoms with van der Waals surface area (Å²) < 4.78 is 4.52. The number of unbranched alkanes of at least 4 members (excludes halogenated alkanes) is 2. The fourth-order valence-electron chi connectivity index (χ4n) is 1.96. The Bertz CT molecular complexity index is 287. The molecular formula is C15H28O2Si. The first-order chi connectivity index (χ1) is 8.35. The van der Waals surface area contributed by atoms with Crippen molar-refractivity contribution in [3.63, 3.8) is 0 Å². The topological polar surface area (TPSA) is 26.3 Å². The van der Waals surface area contributed by atoms with E-state index < -0.39 is 8.07 Å². The summed E-state index contributed by atoms with van der Waals surface area (Å²) in [5.74, 6) is 0.427. The fourth-order valence-corrected chi connectivity index (χ4v) is 4.03. The van der Waals surface area contributed by atoms with E-state index in [0.29, 0.717) is 5.92 Å². The molecule has 0 aromatic rings. The molecular weight excluding hydrogens is 240 g/mol. The molecule has 0 amide bonds. The number of esters is 1. The summed E-state index contributed by atoms with van der Waals surface area (Å²) in [7, 11) is 0.466. The zero-order chi connectivity index (χ0) is 14.0. The molecule has 0 heterocycles. The van der Waals surface area contributed by atoms with Crippen LogP contribution in [0.15, 0.2) is 24.3 Å². The number of rotatable bonds is 8. The van der Waals surface area contributed by atoms with Gasteiger partial charge in [0.1, 0.15) is 0 Å². The molecule has 0 radical (unpaired) electrons. The fraction of sp³-hybridized carbons (Fsp3) is 0.667. The van der Waals surface area contributed by atoms with Gasteiger partial charge in [0.25, 0.3) is 0 Å². The van der Waals surface area contributed by atoms with Gasteiger partial charge in [-0.05, 0) is 25.2 Å². The van der Waals surface area contributed by atoms with E-state index in [0.717, 1.165) is 19.3 Å². The van der Waals surface area contributed by atoms with E-state index in [1.165, 1.54) is 19.2 Å². The molecule has 0 spiro atoms. The van der Waals surface area contributed by atoms with E-state index in [2.05, 4.69) is 43.5 Å². The first-order valence-corrected chi connectivity index (χ1v) is 10.5. The highest BCUT2D eigenvalue weighted by Gasteiger charge is 2.15. The molecule has 0 aliphatic heterocycles. The van der Waals surface area contributed by atoms with E-state index >= 15 is 0 Å². The maximum Gasteiger partial charge on any atom is 0.330 e. The van der Waals surface area contributed by atoms with Gasteiger partial charge in [-0.25, -0.2) is 4.79 Å². The highest BCUT2D eigenvalue weighted by molar-refractivity contribution is 6.76. The Hall–Kier alpha value is -0.833. The maximum absolute atomic E-state index is 10.8. The van der Waals surface area contributed by atoms with Crippen LogP contribution >= 0.6 is 0 Å². The molecule has 0 saturated heterocycles. The molecule has 2 nitrogen and oxygen atoms in total. The summed E-state index contributed by atoms with van der Waals surface area (Å²) in [6.07, 6.45) is 11.1. The van der Waals surface area contributed by atoms with Crippen LogP contribution < -0.4 is 0 Å². The van der Waals surface area contributed by atoms with Gasteiger partial charge in [0, 0.05) is 14.1 Å². The number of methoxy groups -OCH3 is 1. The number of hydrogen-bond acceptors (Lipinski definition) is 2. The van der Waals surface area contributed by atoms with Crippen molar-refractivity contribution in [1.29, 1.82) is 0 Å². The van der Waals surface area contributed by atoms with Crippen LogP contribution in [0.1, 0.15) is 26.2 Å². The molecule has 0 N–H and O–H groups in total. The standard InChI is InChI=1S/C15H28O2Si/c1-14(13-18(3,4)5)11-9-7-6-8-10-12-15(16)17-2/h9-12,14H,6-8,13H2,1-5H3/b11-9-,12-10+. The van der Waals surface area contributed by atoms with Crippen molar-refractivity contribution in [3.8, 4) is 0 Å². The second kappa shape index (κ2) is 9.14. The molecule has 1 unspecified atom stereocenters. The number of carbonyl (C=O) groups excluding carboxylic acids is 1. The minimum Gasteiger partial charge on any atom is -0.466 e. The van der Waals surface area contributed by atoms with Crippen molar-refractivity contribution in [2.75, 3.05) is 7.11 Å². The normalized spacial score (nSPS) is 14.3. The first kappa shape index (κ1) is 17.2. The van der Waals surface area contributed by atoms with Gasteiger partial charge in [0.2, 0.25) is 0 Å². The molecule has 0 bridgehead atoms. The average Bonchev–Trinajstić information content (AvgIpc) is 2.25. The molecule has 3 heteroatoms. The lowest BCUT2D eigenvalue weighted by Crippen LogP contribution is -2.21. The molecule has 1 atom stereocenters. The predicted molar refractivity (Wildman–Crippen MR) is 81.5 cm³/mol. The van der Waals surface area contributed by atoms with Crippen LogP contribution in [0, 0.1) is 5.92 Å². The Morgan fingerprint density at radius 3 is 2.39 bits per heavy atom. The molecule has 18 heavy (non-hydrogen) atoms. The van der Waals surface area contributed by atoms with E-state index in [1.807, 2.05) is 6.08 Å². The first-order valence-electron chi connectivity index (χ1n) is 6.76. The lowest BCUT2D eigenvalue weighted by molar-refractivity contribution is -0.134. The summed E-state index contributed by atoms with van der Waals surface area (Å²) >= 11 is 0. The molecule has 0 aliphatic rings. The third-order valence-corrected chi connectivity index (χ3v) is 4.46. The van der Waals surface area contributed by atoms with Crippen molar-refractivity contribution in [3.05, 3.63) is 24.3 Å². The van der Waals surface area contributed by atoms with Crippen LogP contribution in [-0.2, 0) is 9.53 Å². The van der Waals surface area contributed by atoms with Crippen LogP contribution in [0.4, 0.5) is 0 Å². The quantitative estimate of drug-likeness (QED) is 0.214. The summed E-state index contributed by atoms with van der Waals surface area (Å²) in [4.78, 5) is 10.8. The van der Waals surface area contributed by atoms with Gasteiger partial charge in [0.05, 0.1) is 7.11 Å². The van der Waals surface area contributed by atoms with Gasteiger partial charge in [-0.3, -0.25) is 0 Å². The average molecular weight is 268 g/mol. The Morgan fingerprint density at radius 1 is 1.22 bits per heavy atom. The van der Waals surface area contributed by atoms with E-state index in [4.69, 9.17) is 0 Å². The van der Waals surface area contributed by atoms with Crippen molar-refractivity contribution in [1.82, 2.24) is 0 Å². The molecule has 0 aromatic heterocycles. The second-order valence-corrected chi connectivity index (χ2v) is 11.6. The van der Waals surface area contributed by atoms with Gasteiger partial charge in [0.15, 0.2) is 0 Å². The highest BCUT2D eigenvalue weighted by atomic mass is 28.3. The monoisotopic (exact) mass is 268 g/mol. The van der Waals surface area contributed by atoms with Gasteiger partial charge in [-0.15, -0.1) is 0 Å². The van der Waals surface area contributed by atoms with Crippen molar-refractivity contribution in [2.24, 2.45) is 5.92 Å². The summed E-state index contributed by atoms with van der Waals surface area (Å²) in [6, 6.07) is 1.35. The highest BCUT2D eigenvalue weighted by Crippen LogP contribution is 2.17. The summed E-state index contributed by atoms with van der Waals surface area (Å²) in [5, 5.41) is 0. The molecule has 0 saturated carbocycles. The summed E-state index contributed by atoms with van der Waals surface area (Å²) in [6.45, 7) is 9.53. The third kappa shape index (κ3) is 11.6. The second-order valence-electron chi connectivity index (χ2n) is 6.03. The zero-order valence-corrected chi connectivity index (χ0v) is 13.5. The van der Waals surface area contributed by atoms with Crippen LogP contribution in [0.3, 0.4) is 0 Å². The predicted octanol–water partition coefficient (Wildman–Crippen LogP) is 4.42. The number of allylic oxidation sites excluding steroid dienone is 3.